The Hall–Kier alpha value is -1.55. The van der Waals surface area contributed by atoms with Crippen LogP contribution < -0.4 is 0 Å². The molecule has 0 unspecified atom stereocenters. The second-order valence-corrected chi connectivity index (χ2v) is 4.25. The Labute approximate surface area is 101 Å². The van der Waals surface area contributed by atoms with Crippen LogP contribution in [0.25, 0.3) is 0 Å². The fourth-order valence-corrected chi connectivity index (χ4v) is 1.87. The zero-order valence-electron chi connectivity index (χ0n) is 8.31. The summed E-state index contributed by atoms with van der Waals surface area (Å²) in [6, 6.07) is 9.36. The van der Waals surface area contributed by atoms with Crippen molar-refractivity contribution in [2.75, 3.05) is 0 Å². The summed E-state index contributed by atoms with van der Waals surface area (Å²) in [5.74, 6) is -1.07. The molecule has 1 heterocycles. The summed E-state index contributed by atoms with van der Waals surface area (Å²) in [7, 11) is 0. The first-order chi connectivity index (χ1) is 7.66. The van der Waals surface area contributed by atoms with Crippen LogP contribution in [0, 0.1) is 0 Å². The van der Waals surface area contributed by atoms with Crippen molar-refractivity contribution in [3.8, 4) is 0 Å². The maximum absolute atomic E-state index is 10.6. The van der Waals surface area contributed by atoms with Crippen LogP contribution in [-0.4, -0.2) is 11.1 Å². The van der Waals surface area contributed by atoms with Crippen molar-refractivity contribution in [1.82, 2.24) is 0 Å². The second kappa shape index (κ2) is 4.53. The van der Waals surface area contributed by atoms with Gasteiger partial charge in [0.25, 0.3) is 0 Å². The average Bonchev–Trinajstić information content (AvgIpc) is 2.70. The van der Waals surface area contributed by atoms with Crippen LogP contribution in [0.5, 0.6) is 0 Å². The lowest BCUT2D eigenvalue weighted by molar-refractivity contribution is 0.0662. The zero-order valence-corrected chi connectivity index (χ0v) is 9.90. The molecule has 0 amide bonds. The van der Waals surface area contributed by atoms with Gasteiger partial charge in [0.15, 0.2) is 0 Å². The summed E-state index contributed by atoms with van der Waals surface area (Å²) >= 11 is 3.44. The molecule has 0 aliphatic carbocycles. The highest BCUT2D eigenvalue weighted by Gasteiger charge is 2.09. The van der Waals surface area contributed by atoms with Crippen molar-refractivity contribution in [2.45, 2.75) is 6.42 Å². The molecule has 1 aromatic heterocycles. The first-order valence-electron chi connectivity index (χ1n) is 4.71. The van der Waals surface area contributed by atoms with Gasteiger partial charge in [-0.1, -0.05) is 34.1 Å². The van der Waals surface area contributed by atoms with Crippen LogP contribution in [-0.2, 0) is 6.42 Å². The minimum atomic E-state index is -1.04. The van der Waals surface area contributed by atoms with Crippen molar-refractivity contribution in [2.24, 2.45) is 0 Å². The van der Waals surface area contributed by atoms with Gasteiger partial charge in [0.05, 0.1) is 6.26 Å². The molecule has 16 heavy (non-hydrogen) atoms. The molecule has 4 heteroatoms. The number of carboxylic acids is 1. The summed E-state index contributed by atoms with van der Waals surface area (Å²) in [6.45, 7) is 0. The number of furan rings is 1. The van der Waals surface area contributed by atoms with Crippen molar-refractivity contribution in [1.29, 1.82) is 0 Å². The van der Waals surface area contributed by atoms with Gasteiger partial charge in [-0.2, -0.15) is 0 Å². The largest absolute Gasteiger partial charge is 0.475 e. The number of benzene rings is 1. The predicted molar refractivity (Wildman–Crippen MR) is 62.6 cm³/mol. The SMILES string of the molecule is O=C(O)c1cc(Cc2ccccc2Br)co1. The lowest BCUT2D eigenvalue weighted by atomic mass is 10.1. The Bertz CT molecular complexity index is 516. The summed E-state index contributed by atoms with van der Waals surface area (Å²) < 4.78 is 5.93. The molecule has 82 valence electrons. The number of halogens is 1. The third-order valence-electron chi connectivity index (χ3n) is 2.22. The molecule has 0 aliphatic heterocycles. The van der Waals surface area contributed by atoms with Crippen LogP contribution in [0.3, 0.4) is 0 Å². The molecular weight excluding hydrogens is 272 g/mol. The number of carbonyl (C=O) groups is 1. The maximum Gasteiger partial charge on any atom is 0.371 e. The highest BCUT2D eigenvalue weighted by molar-refractivity contribution is 9.10. The molecule has 1 aromatic carbocycles. The minimum Gasteiger partial charge on any atom is -0.475 e. The second-order valence-electron chi connectivity index (χ2n) is 3.39. The highest BCUT2D eigenvalue weighted by atomic mass is 79.9. The van der Waals surface area contributed by atoms with E-state index in [1.807, 2.05) is 24.3 Å². The van der Waals surface area contributed by atoms with Crippen LogP contribution in [0.15, 0.2) is 45.5 Å². The Kier molecular flexibility index (Phi) is 3.10. The highest BCUT2D eigenvalue weighted by Crippen LogP contribution is 2.20. The van der Waals surface area contributed by atoms with Crippen LogP contribution in [0.4, 0.5) is 0 Å². The van der Waals surface area contributed by atoms with E-state index in [1.165, 1.54) is 6.26 Å². The van der Waals surface area contributed by atoms with E-state index < -0.39 is 5.97 Å². The normalized spacial score (nSPS) is 10.3. The van der Waals surface area contributed by atoms with Gasteiger partial charge in [-0.15, -0.1) is 0 Å². The van der Waals surface area contributed by atoms with Crippen LogP contribution >= 0.6 is 15.9 Å². The Balaban J connectivity index is 2.21. The van der Waals surface area contributed by atoms with Gasteiger partial charge in [0, 0.05) is 10.9 Å². The van der Waals surface area contributed by atoms with E-state index in [4.69, 9.17) is 9.52 Å². The van der Waals surface area contributed by atoms with Gasteiger partial charge in [0.2, 0.25) is 5.76 Å². The lowest BCUT2D eigenvalue weighted by Gasteiger charge is -2.00. The Morgan fingerprint density at radius 3 is 2.75 bits per heavy atom. The van der Waals surface area contributed by atoms with Gasteiger partial charge in [-0.3, -0.25) is 0 Å². The third kappa shape index (κ3) is 2.33. The zero-order chi connectivity index (χ0) is 11.5. The summed E-state index contributed by atoms with van der Waals surface area (Å²) in [5.41, 5.74) is 1.95. The van der Waals surface area contributed by atoms with Gasteiger partial charge in [0.1, 0.15) is 0 Å². The van der Waals surface area contributed by atoms with Crippen LogP contribution in [0.2, 0.25) is 0 Å². The molecule has 0 saturated heterocycles. The molecule has 0 fully saturated rings. The van der Waals surface area contributed by atoms with Crippen LogP contribution in [0.1, 0.15) is 21.7 Å². The molecule has 2 rings (SSSR count). The molecule has 1 N–H and O–H groups in total. The standard InChI is InChI=1S/C12H9BrO3/c13-10-4-2-1-3-9(10)5-8-6-11(12(14)15)16-7-8/h1-4,6-7H,5H2,(H,14,15). The minimum absolute atomic E-state index is 0.0259. The van der Waals surface area contributed by atoms with E-state index in [1.54, 1.807) is 6.07 Å². The first kappa shape index (κ1) is 11.0. The number of aromatic carboxylic acids is 1. The fraction of sp³-hybridized carbons (Fsp3) is 0.0833. The summed E-state index contributed by atoms with van der Waals surface area (Å²) in [5, 5.41) is 8.72. The van der Waals surface area contributed by atoms with Gasteiger partial charge < -0.3 is 9.52 Å². The molecule has 3 nitrogen and oxygen atoms in total. The van der Waals surface area contributed by atoms with Gasteiger partial charge in [-0.25, -0.2) is 4.79 Å². The molecular formula is C12H9BrO3. The van der Waals surface area contributed by atoms with E-state index in [9.17, 15) is 4.79 Å². The quantitative estimate of drug-likeness (QED) is 0.938. The monoisotopic (exact) mass is 280 g/mol. The van der Waals surface area contributed by atoms with E-state index in [2.05, 4.69) is 15.9 Å². The summed E-state index contributed by atoms with van der Waals surface area (Å²) in [6.07, 6.45) is 2.13. The smallest absolute Gasteiger partial charge is 0.371 e. The molecule has 0 atom stereocenters. The van der Waals surface area contributed by atoms with Crippen molar-refractivity contribution in [3.63, 3.8) is 0 Å². The molecule has 0 bridgehead atoms. The molecule has 0 saturated carbocycles. The first-order valence-corrected chi connectivity index (χ1v) is 5.50. The van der Waals surface area contributed by atoms with Crippen molar-refractivity contribution >= 4 is 21.9 Å². The van der Waals surface area contributed by atoms with E-state index in [0.29, 0.717) is 6.42 Å². The lowest BCUT2D eigenvalue weighted by Crippen LogP contribution is -1.92. The predicted octanol–water partition coefficient (Wildman–Crippen LogP) is 3.33. The Morgan fingerprint density at radius 1 is 1.38 bits per heavy atom. The number of hydrogen-bond donors (Lipinski definition) is 1. The fourth-order valence-electron chi connectivity index (χ4n) is 1.44. The molecule has 2 aromatic rings. The third-order valence-corrected chi connectivity index (χ3v) is 2.99. The maximum atomic E-state index is 10.6. The summed E-state index contributed by atoms with van der Waals surface area (Å²) in [4.78, 5) is 10.6. The molecule has 0 aliphatic rings. The van der Waals surface area contributed by atoms with E-state index >= 15 is 0 Å². The van der Waals surface area contributed by atoms with E-state index in [-0.39, 0.29) is 5.76 Å². The topological polar surface area (TPSA) is 50.4 Å². The van der Waals surface area contributed by atoms with E-state index in [0.717, 1.165) is 15.6 Å². The molecule has 0 spiro atoms. The number of carboxylic acid groups (broad SMARTS) is 1. The van der Waals surface area contributed by atoms with Gasteiger partial charge in [-0.05, 0) is 23.3 Å². The van der Waals surface area contributed by atoms with Crippen molar-refractivity contribution < 1.29 is 14.3 Å². The number of hydrogen-bond acceptors (Lipinski definition) is 2. The van der Waals surface area contributed by atoms with Crippen molar-refractivity contribution in [3.05, 3.63) is 58.0 Å². The van der Waals surface area contributed by atoms with Gasteiger partial charge >= 0.3 is 5.97 Å². The molecule has 0 radical (unpaired) electrons. The Morgan fingerprint density at radius 2 is 2.12 bits per heavy atom. The number of rotatable bonds is 3. The average molecular weight is 281 g/mol.